The highest BCUT2D eigenvalue weighted by Crippen LogP contribution is 2.43. The van der Waals surface area contributed by atoms with Crippen LogP contribution in [0.2, 0.25) is 0 Å². The Labute approximate surface area is 142 Å². The minimum Gasteiger partial charge on any atom is -0.490 e. The molecule has 1 nitrogen and oxygen atoms in total. The maximum Gasteiger partial charge on any atom is 0.420 e. The quantitative estimate of drug-likeness (QED) is 0.566. The Morgan fingerprint density at radius 3 is 2.35 bits per heavy atom. The van der Waals surface area contributed by atoms with E-state index >= 15 is 0 Å². The molecule has 0 radical (unpaired) electrons. The van der Waals surface area contributed by atoms with Gasteiger partial charge in [-0.25, -0.2) is 0 Å². The largest absolute Gasteiger partial charge is 0.490 e. The van der Waals surface area contributed by atoms with Crippen LogP contribution in [0.25, 0.3) is 10.8 Å². The van der Waals surface area contributed by atoms with E-state index in [1.807, 2.05) is 0 Å². The lowest BCUT2D eigenvalue weighted by Gasteiger charge is -2.28. The van der Waals surface area contributed by atoms with Gasteiger partial charge < -0.3 is 4.74 Å². The number of hydrogen-bond acceptors (Lipinski definition) is 1. The Morgan fingerprint density at radius 2 is 1.70 bits per heavy atom. The van der Waals surface area contributed by atoms with Gasteiger partial charge in [-0.15, -0.1) is 0 Å². The van der Waals surface area contributed by atoms with Crippen molar-refractivity contribution in [3.8, 4) is 5.75 Å². The Balaban J connectivity index is 2.02. The van der Waals surface area contributed by atoms with E-state index in [1.54, 1.807) is 18.2 Å². The molecule has 0 saturated heterocycles. The van der Waals surface area contributed by atoms with Crippen LogP contribution in [0, 0.1) is 5.92 Å². The first-order valence-electron chi connectivity index (χ1n) is 7.80. The predicted molar refractivity (Wildman–Crippen MR) is 88.7 cm³/mol. The van der Waals surface area contributed by atoms with E-state index in [0.717, 1.165) is 25.7 Å². The molecule has 1 saturated carbocycles. The zero-order chi connectivity index (χ0) is 16.6. The van der Waals surface area contributed by atoms with Crippen molar-refractivity contribution in [3.63, 3.8) is 0 Å². The number of ether oxygens (including phenoxy) is 1. The third-order valence-electron chi connectivity index (χ3n) is 4.49. The summed E-state index contributed by atoms with van der Waals surface area (Å²) in [6.07, 6.45) is -0.936. The van der Waals surface area contributed by atoms with Crippen LogP contribution in [0.5, 0.6) is 5.75 Å². The van der Waals surface area contributed by atoms with Gasteiger partial charge in [0.05, 0.1) is 6.10 Å². The molecular formula is C18H18BrF3O. The minimum atomic E-state index is -4.45. The maximum atomic E-state index is 13.6. The van der Waals surface area contributed by atoms with Crippen molar-refractivity contribution in [2.75, 3.05) is 0 Å². The molecule has 0 unspecified atom stereocenters. The van der Waals surface area contributed by atoms with Crippen molar-refractivity contribution in [1.82, 2.24) is 0 Å². The average molecular weight is 387 g/mol. The molecule has 2 aromatic rings. The van der Waals surface area contributed by atoms with Crippen LogP contribution < -0.4 is 4.74 Å². The summed E-state index contributed by atoms with van der Waals surface area (Å²) in [7, 11) is 0. The van der Waals surface area contributed by atoms with Gasteiger partial charge in [0.1, 0.15) is 11.3 Å². The molecule has 0 amide bonds. The van der Waals surface area contributed by atoms with Gasteiger partial charge in [0, 0.05) is 4.47 Å². The molecular weight excluding hydrogens is 369 g/mol. The molecule has 0 N–H and O–H groups in total. The standard InChI is InChI=1S/C18H18BrF3O/c1-11-2-7-14(8-3-11)23-16-9-5-12-4-6-13(19)10-15(12)17(16)18(20,21)22/h4-6,9-11,14H,2-3,7-8H2,1H3. The van der Waals surface area contributed by atoms with Crippen LogP contribution in [0.1, 0.15) is 38.2 Å². The molecule has 2 aromatic carbocycles. The van der Waals surface area contributed by atoms with Crippen LogP contribution in [-0.4, -0.2) is 6.10 Å². The van der Waals surface area contributed by atoms with E-state index in [-0.39, 0.29) is 17.2 Å². The molecule has 1 aliphatic rings. The number of rotatable bonds is 2. The molecule has 0 bridgehead atoms. The van der Waals surface area contributed by atoms with Crippen molar-refractivity contribution >= 4 is 26.7 Å². The number of fused-ring (bicyclic) bond motifs is 1. The molecule has 0 heterocycles. The summed E-state index contributed by atoms with van der Waals surface area (Å²) in [6, 6.07) is 8.08. The second-order valence-electron chi connectivity index (χ2n) is 6.30. The number of alkyl halides is 3. The van der Waals surface area contributed by atoms with Crippen LogP contribution >= 0.6 is 15.9 Å². The first-order chi connectivity index (χ1) is 10.8. The lowest BCUT2D eigenvalue weighted by atomic mass is 9.89. The average Bonchev–Trinajstić information content (AvgIpc) is 2.48. The molecule has 23 heavy (non-hydrogen) atoms. The summed E-state index contributed by atoms with van der Waals surface area (Å²) in [5, 5.41) is 0.735. The summed E-state index contributed by atoms with van der Waals surface area (Å²) in [6.45, 7) is 2.17. The topological polar surface area (TPSA) is 9.23 Å². The summed E-state index contributed by atoms with van der Waals surface area (Å²) in [5.41, 5.74) is -0.671. The van der Waals surface area contributed by atoms with Gasteiger partial charge in [-0.3, -0.25) is 0 Å². The van der Waals surface area contributed by atoms with Gasteiger partial charge in [-0.1, -0.05) is 35.0 Å². The zero-order valence-corrected chi connectivity index (χ0v) is 14.4. The van der Waals surface area contributed by atoms with Crippen molar-refractivity contribution in [1.29, 1.82) is 0 Å². The van der Waals surface area contributed by atoms with Gasteiger partial charge in [-0.05, 0) is 60.6 Å². The molecule has 0 atom stereocenters. The Kier molecular flexibility index (Phi) is 4.59. The Morgan fingerprint density at radius 1 is 1.04 bits per heavy atom. The fourth-order valence-electron chi connectivity index (χ4n) is 3.19. The SMILES string of the molecule is CC1CCC(Oc2ccc3ccc(Br)cc3c2C(F)(F)F)CC1. The Bertz CT molecular complexity index is 703. The normalized spacial score (nSPS) is 22.3. The van der Waals surface area contributed by atoms with Gasteiger partial charge >= 0.3 is 6.18 Å². The van der Waals surface area contributed by atoms with Gasteiger partial charge in [-0.2, -0.15) is 13.2 Å². The molecule has 1 aliphatic carbocycles. The zero-order valence-electron chi connectivity index (χ0n) is 12.8. The highest BCUT2D eigenvalue weighted by Gasteiger charge is 2.37. The molecule has 3 rings (SSSR count). The van der Waals surface area contributed by atoms with Crippen LogP contribution in [0.3, 0.4) is 0 Å². The fourth-order valence-corrected chi connectivity index (χ4v) is 3.55. The summed E-state index contributed by atoms with van der Waals surface area (Å²) < 4.78 is 47.3. The van der Waals surface area contributed by atoms with Crippen molar-refractivity contribution < 1.29 is 17.9 Å². The van der Waals surface area contributed by atoms with E-state index in [0.29, 0.717) is 15.8 Å². The molecule has 124 valence electrons. The summed E-state index contributed by atoms with van der Waals surface area (Å²) in [4.78, 5) is 0. The van der Waals surface area contributed by atoms with Gasteiger partial charge in [0.15, 0.2) is 0 Å². The molecule has 0 spiro atoms. The first kappa shape index (κ1) is 16.6. The second-order valence-corrected chi connectivity index (χ2v) is 7.22. The highest BCUT2D eigenvalue weighted by molar-refractivity contribution is 9.10. The predicted octanol–water partition coefficient (Wildman–Crippen LogP) is 6.58. The maximum absolute atomic E-state index is 13.6. The van der Waals surface area contributed by atoms with Crippen LogP contribution in [0.4, 0.5) is 13.2 Å². The lowest BCUT2D eigenvalue weighted by Crippen LogP contribution is -2.24. The smallest absolute Gasteiger partial charge is 0.420 e. The third-order valence-corrected chi connectivity index (χ3v) is 4.98. The summed E-state index contributed by atoms with van der Waals surface area (Å²) >= 11 is 3.25. The molecule has 5 heteroatoms. The van der Waals surface area contributed by atoms with Crippen LogP contribution in [0.15, 0.2) is 34.8 Å². The number of benzene rings is 2. The van der Waals surface area contributed by atoms with E-state index in [4.69, 9.17) is 4.74 Å². The van der Waals surface area contributed by atoms with Crippen molar-refractivity contribution in [3.05, 3.63) is 40.4 Å². The van der Waals surface area contributed by atoms with Gasteiger partial charge in [0.2, 0.25) is 0 Å². The van der Waals surface area contributed by atoms with Gasteiger partial charge in [0.25, 0.3) is 0 Å². The second kappa shape index (κ2) is 6.34. The molecule has 1 fully saturated rings. The monoisotopic (exact) mass is 386 g/mol. The van der Waals surface area contributed by atoms with E-state index < -0.39 is 11.7 Å². The highest BCUT2D eigenvalue weighted by atomic mass is 79.9. The van der Waals surface area contributed by atoms with Crippen molar-refractivity contribution in [2.24, 2.45) is 5.92 Å². The summed E-state index contributed by atoms with van der Waals surface area (Å²) in [5.74, 6) is 0.576. The Hall–Kier alpha value is -1.23. The minimum absolute atomic E-state index is 0.0531. The fraction of sp³-hybridized carbons (Fsp3) is 0.444. The van der Waals surface area contributed by atoms with Crippen LogP contribution in [-0.2, 0) is 6.18 Å². The first-order valence-corrected chi connectivity index (χ1v) is 8.60. The van der Waals surface area contributed by atoms with E-state index in [9.17, 15) is 13.2 Å². The van der Waals surface area contributed by atoms with E-state index in [2.05, 4.69) is 22.9 Å². The van der Waals surface area contributed by atoms with Crippen molar-refractivity contribution in [2.45, 2.75) is 44.9 Å². The lowest BCUT2D eigenvalue weighted by molar-refractivity contribution is -0.138. The number of hydrogen-bond donors (Lipinski definition) is 0. The molecule has 0 aliphatic heterocycles. The number of halogens is 4. The third kappa shape index (κ3) is 3.65. The van der Waals surface area contributed by atoms with E-state index in [1.165, 1.54) is 12.1 Å². The molecule has 0 aromatic heterocycles.